The molecule has 9 nitrogen and oxygen atoms in total. The van der Waals surface area contributed by atoms with E-state index in [1.807, 2.05) is 0 Å². The van der Waals surface area contributed by atoms with E-state index >= 15 is 0 Å². The Hall–Kier alpha value is -1.71. The van der Waals surface area contributed by atoms with Crippen molar-refractivity contribution in [3.8, 4) is 0 Å². The summed E-state index contributed by atoms with van der Waals surface area (Å²) in [5.41, 5.74) is -2.03. The number of hydrogen-bond donors (Lipinski definition) is 1. The van der Waals surface area contributed by atoms with Gasteiger partial charge in [0.2, 0.25) is 0 Å². The molecule has 3 rings (SSSR count). The summed E-state index contributed by atoms with van der Waals surface area (Å²) < 4.78 is 20.9. The van der Waals surface area contributed by atoms with E-state index in [0.29, 0.717) is 12.8 Å². The monoisotopic (exact) mass is 385 g/mol. The molecule has 0 aromatic carbocycles. The summed E-state index contributed by atoms with van der Waals surface area (Å²) >= 11 is 0. The molecule has 3 atom stereocenters. The van der Waals surface area contributed by atoms with Crippen molar-refractivity contribution in [2.45, 2.75) is 63.8 Å². The standard InChI is InChI=1S/C18H27NO8/c1-3-25-14(20)13-17(16(22)26-4-2)10-24-11-27-18(17,23)15(21)19(13)12-8-6-5-7-9-12/h12-13,23H,3-11H2,1-2H3/t13-,17+,18+/m0/s1. The molecule has 0 bridgehead atoms. The average Bonchev–Trinajstić information content (AvgIpc) is 2.88. The van der Waals surface area contributed by atoms with Crippen LogP contribution in [0.3, 0.4) is 0 Å². The molecule has 1 saturated carbocycles. The average molecular weight is 385 g/mol. The van der Waals surface area contributed by atoms with E-state index in [1.165, 1.54) is 4.90 Å². The van der Waals surface area contributed by atoms with E-state index in [9.17, 15) is 19.5 Å². The highest BCUT2D eigenvalue weighted by Crippen LogP contribution is 2.51. The van der Waals surface area contributed by atoms with Gasteiger partial charge < -0.3 is 29.0 Å². The summed E-state index contributed by atoms with van der Waals surface area (Å²) in [7, 11) is 0. The van der Waals surface area contributed by atoms with Crippen LogP contribution in [-0.2, 0) is 33.3 Å². The molecular formula is C18H27NO8. The fraction of sp³-hybridized carbons (Fsp3) is 0.833. The lowest BCUT2D eigenvalue weighted by Crippen LogP contribution is -2.65. The third-order valence-electron chi connectivity index (χ3n) is 5.67. The zero-order valence-electron chi connectivity index (χ0n) is 15.8. The minimum absolute atomic E-state index is 0.0177. The predicted octanol–water partition coefficient (Wildman–Crippen LogP) is 0.335. The van der Waals surface area contributed by atoms with Crippen molar-refractivity contribution in [1.82, 2.24) is 4.90 Å². The number of amides is 1. The second kappa shape index (κ2) is 7.73. The quantitative estimate of drug-likeness (QED) is 0.674. The van der Waals surface area contributed by atoms with Crippen LogP contribution >= 0.6 is 0 Å². The molecule has 1 amide bonds. The number of nitrogens with zero attached hydrogens (tertiary/aromatic N) is 1. The number of carbonyl (C=O) groups is 3. The number of hydrogen-bond acceptors (Lipinski definition) is 8. The number of esters is 2. The Morgan fingerprint density at radius 1 is 1.19 bits per heavy atom. The van der Waals surface area contributed by atoms with Crippen LogP contribution in [0.25, 0.3) is 0 Å². The fourth-order valence-corrected chi connectivity index (χ4v) is 4.44. The van der Waals surface area contributed by atoms with Crippen LogP contribution in [-0.4, -0.2) is 72.3 Å². The van der Waals surface area contributed by atoms with Crippen LogP contribution in [0.4, 0.5) is 0 Å². The Morgan fingerprint density at radius 2 is 1.85 bits per heavy atom. The van der Waals surface area contributed by atoms with Gasteiger partial charge in [-0.2, -0.15) is 0 Å². The van der Waals surface area contributed by atoms with Crippen molar-refractivity contribution in [2.24, 2.45) is 5.41 Å². The number of fused-ring (bicyclic) bond motifs is 1. The first kappa shape index (κ1) is 20.0. The number of rotatable bonds is 5. The summed E-state index contributed by atoms with van der Waals surface area (Å²) in [4.78, 5) is 40.4. The van der Waals surface area contributed by atoms with Crippen molar-refractivity contribution in [1.29, 1.82) is 0 Å². The number of likely N-dealkylation sites (tertiary alicyclic amines) is 1. The van der Waals surface area contributed by atoms with Crippen molar-refractivity contribution < 1.29 is 38.4 Å². The van der Waals surface area contributed by atoms with Crippen molar-refractivity contribution in [3.05, 3.63) is 0 Å². The van der Waals surface area contributed by atoms with E-state index in [-0.39, 0.29) is 32.7 Å². The van der Waals surface area contributed by atoms with Crippen LogP contribution < -0.4 is 0 Å². The maximum absolute atomic E-state index is 13.3. The summed E-state index contributed by atoms with van der Waals surface area (Å²) in [6.45, 7) is 2.59. The molecule has 9 heteroatoms. The first-order valence-electron chi connectivity index (χ1n) is 9.54. The highest BCUT2D eigenvalue weighted by Gasteiger charge is 2.79. The molecular weight excluding hydrogens is 358 g/mol. The Labute approximate surface area is 157 Å². The molecule has 1 N–H and O–H groups in total. The molecule has 27 heavy (non-hydrogen) atoms. The van der Waals surface area contributed by atoms with Gasteiger partial charge in [0, 0.05) is 6.04 Å². The molecule has 2 heterocycles. The molecule has 0 radical (unpaired) electrons. The maximum atomic E-state index is 13.3. The Bertz CT molecular complexity index is 604. The zero-order chi connectivity index (χ0) is 19.7. The van der Waals surface area contributed by atoms with E-state index in [1.54, 1.807) is 13.8 Å². The van der Waals surface area contributed by atoms with Gasteiger partial charge in [-0.25, -0.2) is 4.79 Å². The van der Waals surface area contributed by atoms with E-state index in [2.05, 4.69) is 0 Å². The van der Waals surface area contributed by atoms with Gasteiger partial charge in [0.05, 0.1) is 19.8 Å². The van der Waals surface area contributed by atoms with Gasteiger partial charge in [-0.05, 0) is 26.7 Å². The summed E-state index contributed by atoms with van der Waals surface area (Å²) in [5, 5.41) is 11.2. The zero-order valence-corrected chi connectivity index (χ0v) is 15.8. The van der Waals surface area contributed by atoms with Gasteiger partial charge in [0.25, 0.3) is 11.7 Å². The van der Waals surface area contributed by atoms with Crippen LogP contribution in [0.2, 0.25) is 0 Å². The first-order valence-corrected chi connectivity index (χ1v) is 9.54. The number of ether oxygens (including phenoxy) is 4. The first-order chi connectivity index (χ1) is 12.9. The molecule has 0 aromatic rings. The topological polar surface area (TPSA) is 112 Å². The highest BCUT2D eigenvalue weighted by atomic mass is 16.7. The molecule has 152 valence electrons. The van der Waals surface area contributed by atoms with Crippen molar-refractivity contribution in [2.75, 3.05) is 26.6 Å². The third-order valence-corrected chi connectivity index (χ3v) is 5.67. The molecule has 0 spiro atoms. The van der Waals surface area contributed by atoms with Gasteiger partial charge in [0.15, 0.2) is 18.2 Å². The lowest BCUT2D eigenvalue weighted by atomic mass is 9.75. The second-order valence-corrected chi connectivity index (χ2v) is 7.11. The van der Waals surface area contributed by atoms with Gasteiger partial charge in [0.1, 0.15) is 0 Å². The molecule has 3 aliphatic rings. The van der Waals surface area contributed by atoms with Crippen molar-refractivity contribution in [3.63, 3.8) is 0 Å². The normalized spacial score (nSPS) is 34.3. The third kappa shape index (κ3) is 2.92. The molecule has 0 aromatic heterocycles. The van der Waals surface area contributed by atoms with Crippen LogP contribution in [0.1, 0.15) is 46.0 Å². The largest absolute Gasteiger partial charge is 0.465 e. The second-order valence-electron chi connectivity index (χ2n) is 7.11. The fourth-order valence-electron chi connectivity index (χ4n) is 4.44. The Balaban J connectivity index is 2.12. The lowest BCUT2D eigenvalue weighted by Gasteiger charge is -2.42. The Kier molecular flexibility index (Phi) is 5.73. The SMILES string of the molecule is CCOC(=O)[C@@H]1N(C2CCCCC2)C(=O)[C@@]2(O)OCOC[C@]12C(=O)OCC. The maximum Gasteiger partial charge on any atom is 0.330 e. The van der Waals surface area contributed by atoms with Gasteiger partial charge in [-0.1, -0.05) is 19.3 Å². The van der Waals surface area contributed by atoms with Gasteiger partial charge in [-0.3, -0.25) is 9.59 Å². The number of carbonyl (C=O) groups excluding carboxylic acids is 3. The van der Waals surface area contributed by atoms with Gasteiger partial charge >= 0.3 is 11.9 Å². The summed E-state index contributed by atoms with van der Waals surface area (Å²) in [5.74, 6) is -5.00. The summed E-state index contributed by atoms with van der Waals surface area (Å²) in [6.07, 6.45) is 4.18. The molecule has 1 aliphatic carbocycles. The van der Waals surface area contributed by atoms with Crippen LogP contribution in [0.15, 0.2) is 0 Å². The highest BCUT2D eigenvalue weighted by molar-refractivity contribution is 6.03. The summed E-state index contributed by atoms with van der Waals surface area (Å²) in [6, 6.07) is -1.65. The van der Waals surface area contributed by atoms with Crippen LogP contribution in [0.5, 0.6) is 0 Å². The molecule has 3 fully saturated rings. The molecule has 2 aliphatic heterocycles. The smallest absolute Gasteiger partial charge is 0.330 e. The van der Waals surface area contributed by atoms with Gasteiger partial charge in [-0.15, -0.1) is 0 Å². The predicted molar refractivity (Wildman–Crippen MR) is 90.1 cm³/mol. The molecule has 0 unspecified atom stereocenters. The lowest BCUT2D eigenvalue weighted by molar-refractivity contribution is -0.321. The molecule has 2 saturated heterocycles. The van der Waals surface area contributed by atoms with E-state index < -0.39 is 35.1 Å². The van der Waals surface area contributed by atoms with E-state index in [4.69, 9.17) is 18.9 Å². The van der Waals surface area contributed by atoms with Crippen molar-refractivity contribution >= 4 is 17.8 Å². The van der Waals surface area contributed by atoms with Crippen LogP contribution in [0, 0.1) is 5.41 Å². The minimum Gasteiger partial charge on any atom is -0.465 e. The van der Waals surface area contributed by atoms with E-state index in [0.717, 1.165) is 19.3 Å². The Morgan fingerprint density at radius 3 is 2.48 bits per heavy atom. The minimum atomic E-state index is -2.52. The number of aliphatic hydroxyl groups is 1.